The van der Waals surface area contributed by atoms with Gasteiger partial charge in [0, 0.05) is 19.5 Å². The van der Waals surface area contributed by atoms with Gasteiger partial charge in [-0.1, -0.05) is 18.2 Å². The molecule has 3 aromatic rings. The van der Waals surface area contributed by atoms with Gasteiger partial charge in [0.15, 0.2) is 0 Å². The molecule has 0 aliphatic carbocycles. The van der Waals surface area contributed by atoms with Crippen LogP contribution < -0.4 is 15.2 Å². The molecule has 0 fully saturated rings. The van der Waals surface area contributed by atoms with Gasteiger partial charge in [0.2, 0.25) is 0 Å². The lowest BCUT2D eigenvalue weighted by atomic mass is 10.2. The van der Waals surface area contributed by atoms with Crippen molar-refractivity contribution in [2.75, 3.05) is 25.1 Å². The van der Waals surface area contributed by atoms with Crippen LogP contribution in [0.25, 0.3) is 10.9 Å². The number of aliphatic hydroxyl groups is 1. The molecule has 1 amide bonds. The van der Waals surface area contributed by atoms with Gasteiger partial charge in [-0.05, 0) is 23.6 Å². The number of hydrogen-bond donors (Lipinski definition) is 4. The lowest BCUT2D eigenvalue weighted by Gasteiger charge is -2.19. The smallest absolute Gasteiger partial charge is 0.281 e. The number of sulfonamides is 1. The van der Waals surface area contributed by atoms with Crippen molar-refractivity contribution in [1.29, 1.82) is 0 Å². The molecule has 4 N–H and O–H groups in total. The minimum Gasteiger partial charge on any atom is -0.381 e. The first-order chi connectivity index (χ1) is 13.3. The largest absolute Gasteiger partial charge is 0.381 e. The molecule has 1 aromatic carbocycles. The summed E-state index contributed by atoms with van der Waals surface area (Å²) in [7, 11) is -0.818. The first-order valence-corrected chi connectivity index (χ1v) is 10.5. The van der Waals surface area contributed by atoms with E-state index in [9.17, 15) is 18.3 Å². The van der Waals surface area contributed by atoms with Crippen LogP contribution in [-0.2, 0) is 14.8 Å². The number of ether oxygens (including phenoxy) is 1. The van der Waals surface area contributed by atoms with Crippen LogP contribution in [-0.4, -0.2) is 51.4 Å². The van der Waals surface area contributed by atoms with E-state index < -0.39 is 22.2 Å². The molecule has 9 nitrogen and oxygen atoms in total. The van der Waals surface area contributed by atoms with Crippen molar-refractivity contribution in [3.8, 4) is 0 Å². The highest BCUT2D eigenvalue weighted by molar-refractivity contribution is 7.94. The fourth-order valence-electron chi connectivity index (χ4n) is 2.62. The average molecular weight is 425 g/mol. The van der Waals surface area contributed by atoms with Gasteiger partial charge in [0.05, 0.1) is 17.8 Å². The Morgan fingerprint density at radius 3 is 2.82 bits per heavy atom. The number of H-pyrrole nitrogens is 1. The molecule has 1 atom stereocenters. The number of nitrogens with one attached hydrogen (secondary N) is 3. The number of aromatic amines is 1. The van der Waals surface area contributed by atoms with E-state index in [1.807, 2.05) is 0 Å². The number of nitrogens with zero attached hydrogens (tertiary/aromatic N) is 1. The van der Waals surface area contributed by atoms with Crippen molar-refractivity contribution in [2.24, 2.45) is 0 Å². The standard InChI is InChI=1S/C17H20N4O5S2/c1-21(28(24,25)15-7-4-8-27-15)13-6-3-5-11-9-12(18-16(11)13)17(23)20-19-14(22)10-26-2/h3-9,14,18-19,22H,10H2,1-2H3,(H,20,23). The summed E-state index contributed by atoms with van der Waals surface area (Å²) in [6.45, 7) is 0.00248. The zero-order valence-electron chi connectivity index (χ0n) is 15.2. The third-order valence-electron chi connectivity index (χ3n) is 4.00. The highest BCUT2D eigenvalue weighted by atomic mass is 32.2. The van der Waals surface area contributed by atoms with Crippen LogP contribution in [0.3, 0.4) is 0 Å². The second-order valence-electron chi connectivity index (χ2n) is 5.90. The Balaban J connectivity index is 1.89. The molecule has 3 rings (SSSR count). The maximum atomic E-state index is 12.8. The monoisotopic (exact) mass is 424 g/mol. The molecular weight excluding hydrogens is 404 g/mol. The molecule has 1 unspecified atom stereocenters. The second kappa shape index (κ2) is 8.29. The predicted octanol–water partition coefficient (Wildman–Crippen LogP) is 1.25. The molecule has 0 radical (unpaired) electrons. The van der Waals surface area contributed by atoms with E-state index in [0.717, 1.165) is 11.3 Å². The number of para-hydroxylation sites is 1. The number of aliphatic hydroxyl groups excluding tert-OH is 1. The topological polar surface area (TPSA) is 124 Å². The summed E-state index contributed by atoms with van der Waals surface area (Å²) in [5, 5.41) is 11.9. The fraction of sp³-hybridized carbons (Fsp3) is 0.235. The quantitative estimate of drug-likeness (QED) is 0.319. The summed E-state index contributed by atoms with van der Waals surface area (Å²) in [5.74, 6) is -0.513. The molecule has 11 heteroatoms. The molecule has 0 bridgehead atoms. The highest BCUT2D eigenvalue weighted by Gasteiger charge is 2.24. The van der Waals surface area contributed by atoms with E-state index in [1.54, 1.807) is 41.8 Å². The van der Waals surface area contributed by atoms with E-state index in [4.69, 9.17) is 4.74 Å². The number of rotatable bonds is 8. The summed E-state index contributed by atoms with van der Waals surface area (Å²) >= 11 is 1.14. The normalized spacial score (nSPS) is 12.8. The minimum absolute atomic E-state index is 0.00248. The van der Waals surface area contributed by atoms with Gasteiger partial charge in [-0.3, -0.25) is 14.5 Å². The highest BCUT2D eigenvalue weighted by Crippen LogP contribution is 2.31. The maximum absolute atomic E-state index is 12.8. The second-order valence-corrected chi connectivity index (χ2v) is 9.04. The van der Waals surface area contributed by atoms with Crippen LogP contribution in [0.1, 0.15) is 10.5 Å². The Labute approximate surface area is 166 Å². The number of benzene rings is 1. The first-order valence-electron chi connectivity index (χ1n) is 8.21. The summed E-state index contributed by atoms with van der Waals surface area (Å²) in [4.78, 5) is 15.3. The Morgan fingerprint density at radius 1 is 1.36 bits per heavy atom. The van der Waals surface area contributed by atoms with Crippen LogP contribution in [0.2, 0.25) is 0 Å². The van der Waals surface area contributed by atoms with E-state index in [-0.39, 0.29) is 16.5 Å². The molecule has 0 aliphatic heterocycles. The van der Waals surface area contributed by atoms with Crippen molar-refractivity contribution < 1.29 is 23.1 Å². The lowest BCUT2D eigenvalue weighted by Crippen LogP contribution is -2.46. The van der Waals surface area contributed by atoms with Gasteiger partial charge in [-0.15, -0.1) is 11.3 Å². The summed E-state index contributed by atoms with van der Waals surface area (Å²) in [6, 6.07) is 9.96. The van der Waals surface area contributed by atoms with Crippen LogP contribution in [0.4, 0.5) is 5.69 Å². The van der Waals surface area contributed by atoms with Gasteiger partial charge in [-0.25, -0.2) is 13.8 Å². The van der Waals surface area contributed by atoms with Gasteiger partial charge in [0.1, 0.15) is 16.1 Å². The Kier molecular flexibility index (Phi) is 6.01. The Morgan fingerprint density at radius 2 is 2.14 bits per heavy atom. The number of carbonyl (C=O) groups is 1. The van der Waals surface area contributed by atoms with Crippen LogP contribution in [0.15, 0.2) is 46.0 Å². The Hall–Kier alpha value is -2.44. The van der Waals surface area contributed by atoms with Gasteiger partial charge in [0.25, 0.3) is 15.9 Å². The van der Waals surface area contributed by atoms with Gasteiger partial charge >= 0.3 is 0 Å². The number of carbonyl (C=O) groups excluding carboxylic acids is 1. The van der Waals surface area contributed by atoms with Gasteiger partial charge < -0.3 is 14.8 Å². The number of anilines is 1. The summed E-state index contributed by atoms with van der Waals surface area (Å²) in [6.07, 6.45) is -1.06. The third kappa shape index (κ3) is 4.03. The van der Waals surface area contributed by atoms with Crippen LogP contribution in [0, 0.1) is 0 Å². The molecule has 0 saturated heterocycles. The maximum Gasteiger partial charge on any atom is 0.281 e. The number of amides is 1. The molecule has 2 heterocycles. The molecule has 28 heavy (non-hydrogen) atoms. The third-order valence-corrected chi connectivity index (χ3v) is 7.15. The molecule has 0 spiro atoms. The number of methoxy groups -OCH3 is 1. The van der Waals surface area contributed by atoms with E-state index in [0.29, 0.717) is 16.6 Å². The van der Waals surface area contributed by atoms with Gasteiger partial charge in [-0.2, -0.15) is 0 Å². The van der Waals surface area contributed by atoms with Crippen LogP contribution in [0.5, 0.6) is 0 Å². The lowest BCUT2D eigenvalue weighted by molar-refractivity contribution is 0.0310. The minimum atomic E-state index is -3.71. The molecule has 2 aromatic heterocycles. The van der Waals surface area contributed by atoms with E-state index in [1.165, 1.54) is 18.5 Å². The molecule has 0 aliphatic rings. The fourth-order valence-corrected chi connectivity index (χ4v) is 4.98. The Bertz CT molecular complexity index is 1060. The van der Waals surface area contributed by atoms with Crippen molar-refractivity contribution in [3.05, 3.63) is 47.5 Å². The number of aromatic nitrogens is 1. The summed E-state index contributed by atoms with van der Waals surface area (Å²) < 4.78 is 31.8. The summed E-state index contributed by atoms with van der Waals surface area (Å²) in [5.41, 5.74) is 5.91. The van der Waals surface area contributed by atoms with Crippen molar-refractivity contribution >= 4 is 43.9 Å². The van der Waals surface area contributed by atoms with Crippen molar-refractivity contribution in [1.82, 2.24) is 15.8 Å². The van der Waals surface area contributed by atoms with E-state index in [2.05, 4.69) is 15.8 Å². The van der Waals surface area contributed by atoms with Crippen LogP contribution >= 0.6 is 11.3 Å². The average Bonchev–Trinajstić information content (AvgIpc) is 3.35. The number of hydrogen-bond acceptors (Lipinski definition) is 7. The van der Waals surface area contributed by atoms with Crippen molar-refractivity contribution in [2.45, 2.75) is 10.4 Å². The number of hydrazine groups is 1. The number of thiophene rings is 1. The zero-order chi connectivity index (χ0) is 20.3. The number of fused-ring (bicyclic) bond motifs is 1. The molecule has 0 saturated carbocycles. The predicted molar refractivity (Wildman–Crippen MR) is 107 cm³/mol. The molecular formula is C17H20N4O5S2. The van der Waals surface area contributed by atoms with Crippen molar-refractivity contribution in [3.63, 3.8) is 0 Å². The van der Waals surface area contributed by atoms with E-state index >= 15 is 0 Å². The first kappa shape index (κ1) is 20.3. The SMILES string of the molecule is COCC(O)NNC(=O)c1cc2cccc(N(C)S(=O)(=O)c3cccs3)c2[nH]1. The zero-order valence-corrected chi connectivity index (χ0v) is 16.8. The molecule has 150 valence electrons.